The van der Waals surface area contributed by atoms with Crippen LogP contribution in [0.4, 0.5) is 0 Å². The largest absolute Gasteiger partial charge is 0.508 e. The molecule has 0 unspecified atom stereocenters. The third-order valence-electron chi connectivity index (χ3n) is 1.84. The maximum absolute atomic E-state index is 11.3. The van der Waals surface area contributed by atoms with Crippen LogP contribution in [0, 0.1) is 6.92 Å². The van der Waals surface area contributed by atoms with E-state index in [0.717, 1.165) is 0 Å². The van der Waals surface area contributed by atoms with Crippen LogP contribution in [0.25, 0.3) is 0 Å². The zero-order valence-corrected chi connectivity index (χ0v) is 8.14. The number of Topliss-reactive ketones (excluding diaryl/α,β-unsaturated/α-hetero) is 1. The highest BCUT2D eigenvalue weighted by Gasteiger charge is 2.06. The van der Waals surface area contributed by atoms with Gasteiger partial charge in [0.2, 0.25) is 0 Å². The molecule has 0 aliphatic carbocycles. The molecular formula is C10H11ClO2. The minimum Gasteiger partial charge on any atom is -0.508 e. The summed E-state index contributed by atoms with van der Waals surface area (Å²) in [5, 5.41) is 9.22. The summed E-state index contributed by atoms with van der Waals surface area (Å²) in [6.07, 6.45) is 0.339. The van der Waals surface area contributed by atoms with Crippen molar-refractivity contribution in [2.75, 3.05) is 5.88 Å². The number of phenolic OH excluding ortho intramolecular Hbond substituents is 1. The van der Waals surface area contributed by atoms with Crippen molar-refractivity contribution < 1.29 is 9.90 Å². The van der Waals surface area contributed by atoms with Crippen LogP contribution in [0.2, 0.25) is 0 Å². The van der Waals surface area contributed by atoms with Crippen LogP contribution < -0.4 is 0 Å². The maximum Gasteiger partial charge on any atom is 0.164 e. The number of halogens is 1. The second kappa shape index (κ2) is 4.28. The molecular weight excluding hydrogens is 188 g/mol. The summed E-state index contributed by atoms with van der Waals surface area (Å²) in [6.45, 7) is 1.76. The number of carbonyl (C=O) groups is 1. The first kappa shape index (κ1) is 10.1. The summed E-state index contributed by atoms with van der Waals surface area (Å²) in [6, 6.07) is 4.80. The van der Waals surface area contributed by atoms with E-state index in [-0.39, 0.29) is 11.5 Å². The van der Waals surface area contributed by atoms with E-state index in [0.29, 0.717) is 23.4 Å². The molecule has 0 aliphatic heterocycles. The summed E-state index contributed by atoms with van der Waals surface area (Å²) in [4.78, 5) is 11.3. The van der Waals surface area contributed by atoms with E-state index in [1.165, 1.54) is 6.07 Å². The second-order valence-electron chi connectivity index (χ2n) is 2.86. The Bertz CT molecular complexity index is 321. The van der Waals surface area contributed by atoms with Gasteiger partial charge in [0.1, 0.15) is 5.75 Å². The minimum absolute atomic E-state index is 0.0121. The molecule has 0 heterocycles. The number of rotatable bonds is 3. The number of aromatic hydroxyl groups is 1. The van der Waals surface area contributed by atoms with Crippen LogP contribution in [0.1, 0.15) is 22.3 Å². The molecule has 70 valence electrons. The van der Waals surface area contributed by atoms with Crippen molar-refractivity contribution >= 4 is 17.4 Å². The Hall–Kier alpha value is -1.02. The Morgan fingerprint density at radius 2 is 2.23 bits per heavy atom. The molecule has 0 bridgehead atoms. The van der Waals surface area contributed by atoms with Gasteiger partial charge in [0.25, 0.3) is 0 Å². The molecule has 0 saturated heterocycles. The maximum atomic E-state index is 11.3. The summed E-state index contributed by atoms with van der Waals surface area (Å²) in [5.41, 5.74) is 1.32. The summed E-state index contributed by atoms with van der Waals surface area (Å²) in [7, 11) is 0. The molecule has 0 amide bonds. The van der Waals surface area contributed by atoms with Crippen LogP contribution in [0.5, 0.6) is 5.75 Å². The number of alkyl halides is 1. The first-order valence-corrected chi connectivity index (χ1v) is 4.57. The molecule has 0 spiro atoms. The molecule has 2 nitrogen and oxygen atoms in total. The van der Waals surface area contributed by atoms with E-state index >= 15 is 0 Å². The number of carbonyl (C=O) groups excluding carboxylic acids is 1. The summed E-state index contributed by atoms with van der Waals surface area (Å²) >= 11 is 5.45. The van der Waals surface area contributed by atoms with E-state index in [1.54, 1.807) is 19.1 Å². The monoisotopic (exact) mass is 198 g/mol. The number of hydrogen-bond acceptors (Lipinski definition) is 2. The van der Waals surface area contributed by atoms with E-state index in [4.69, 9.17) is 11.6 Å². The first-order valence-electron chi connectivity index (χ1n) is 4.04. The van der Waals surface area contributed by atoms with Gasteiger partial charge in [-0.15, -0.1) is 11.6 Å². The van der Waals surface area contributed by atoms with Crippen LogP contribution in [0.15, 0.2) is 18.2 Å². The molecule has 1 aromatic carbocycles. The molecule has 0 fully saturated rings. The average molecular weight is 199 g/mol. The molecule has 0 aliphatic rings. The van der Waals surface area contributed by atoms with Gasteiger partial charge in [0.05, 0.1) is 0 Å². The lowest BCUT2D eigenvalue weighted by Gasteiger charge is -2.01. The zero-order chi connectivity index (χ0) is 9.84. The molecule has 1 aromatic rings. The van der Waals surface area contributed by atoms with Gasteiger partial charge in [0, 0.05) is 17.9 Å². The Morgan fingerprint density at radius 3 is 2.77 bits per heavy atom. The Morgan fingerprint density at radius 1 is 1.54 bits per heavy atom. The molecule has 1 N–H and O–H groups in total. The van der Waals surface area contributed by atoms with Gasteiger partial charge in [-0.05, 0) is 30.7 Å². The number of aryl methyl sites for hydroxylation is 1. The standard InChI is InChI=1S/C10H11ClO2/c1-7-6-8(2-3-9(7)12)10(13)4-5-11/h2-3,6,12H,4-5H2,1H3. The topological polar surface area (TPSA) is 37.3 Å². The summed E-state index contributed by atoms with van der Waals surface area (Å²) < 4.78 is 0. The molecule has 0 atom stereocenters. The fraction of sp³-hybridized carbons (Fsp3) is 0.300. The quantitative estimate of drug-likeness (QED) is 0.599. The number of ketones is 1. The Labute approximate surface area is 82.2 Å². The normalized spacial score (nSPS) is 10.0. The van der Waals surface area contributed by atoms with Crippen molar-refractivity contribution in [1.29, 1.82) is 0 Å². The van der Waals surface area contributed by atoms with Gasteiger partial charge >= 0.3 is 0 Å². The lowest BCUT2D eigenvalue weighted by atomic mass is 10.1. The molecule has 0 aromatic heterocycles. The second-order valence-corrected chi connectivity index (χ2v) is 3.24. The number of phenols is 1. The van der Waals surface area contributed by atoms with Crippen molar-refractivity contribution in [3.63, 3.8) is 0 Å². The van der Waals surface area contributed by atoms with Gasteiger partial charge in [-0.25, -0.2) is 0 Å². The fourth-order valence-corrected chi connectivity index (χ4v) is 1.23. The van der Waals surface area contributed by atoms with Crippen molar-refractivity contribution in [3.05, 3.63) is 29.3 Å². The predicted octanol–water partition coefficient (Wildman–Crippen LogP) is 2.51. The lowest BCUT2D eigenvalue weighted by molar-refractivity contribution is 0.0989. The molecule has 3 heteroatoms. The Kier molecular flexibility index (Phi) is 3.32. The van der Waals surface area contributed by atoms with E-state index in [2.05, 4.69) is 0 Å². The summed E-state index contributed by atoms with van der Waals surface area (Å²) in [5.74, 6) is 0.555. The van der Waals surface area contributed by atoms with Crippen molar-refractivity contribution in [1.82, 2.24) is 0 Å². The van der Waals surface area contributed by atoms with Gasteiger partial charge in [-0.2, -0.15) is 0 Å². The van der Waals surface area contributed by atoms with Crippen molar-refractivity contribution in [3.8, 4) is 5.75 Å². The Balaban J connectivity index is 2.90. The fourth-order valence-electron chi connectivity index (χ4n) is 1.06. The molecule has 13 heavy (non-hydrogen) atoms. The number of benzene rings is 1. The lowest BCUT2D eigenvalue weighted by Crippen LogP contribution is -1.99. The predicted molar refractivity (Wildman–Crippen MR) is 52.5 cm³/mol. The highest BCUT2D eigenvalue weighted by Crippen LogP contribution is 2.17. The highest BCUT2D eigenvalue weighted by molar-refractivity contribution is 6.19. The van der Waals surface area contributed by atoms with Crippen molar-refractivity contribution in [2.45, 2.75) is 13.3 Å². The molecule has 0 saturated carbocycles. The van der Waals surface area contributed by atoms with Crippen LogP contribution in [0.3, 0.4) is 0 Å². The third-order valence-corrected chi connectivity index (χ3v) is 2.03. The first-order chi connectivity index (χ1) is 6.15. The highest BCUT2D eigenvalue weighted by atomic mass is 35.5. The van der Waals surface area contributed by atoms with E-state index in [1.807, 2.05) is 0 Å². The van der Waals surface area contributed by atoms with Gasteiger partial charge in [-0.1, -0.05) is 0 Å². The smallest absolute Gasteiger partial charge is 0.164 e. The number of hydrogen-bond donors (Lipinski definition) is 1. The van der Waals surface area contributed by atoms with Gasteiger partial charge < -0.3 is 5.11 Å². The van der Waals surface area contributed by atoms with E-state index in [9.17, 15) is 9.90 Å². The molecule has 1 rings (SSSR count). The SMILES string of the molecule is Cc1cc(C(=O)CCCl)ccc1O. The van der Waals surface area contributed by atoms with Gasteiger partial charge in [-0.3, -0.25) is 4.79 Å². The third kappa shape index (κ3) is 2.46. The van der Waals surface area contributed by atoms with Crippen LogP contribution >= 0.6 is 11.6 Å². The minimum atomic E-state index is 0.0121. The van der Waals surface area contributed by atoms with Crippen LogP contribution in [-0.4, -0.2) is 16.8 Å². The van der Waals surface area contributed by atoms with E-state index < -0.39 is 0 Å². The average Bonchev–Trinajstić information content (AvgIpc) is 2.10. The zero-order valence-electron chi connectivity index (χ0n) is 7.38. The molecule has 0 radical (unpaired) electrons. The van der Waals surface area contributed by atoms with Crippen molar-refractivity contribution in [2.24, 2.45) is 0 Å². The van der Waals surface area contributed by atoms with Gasteiger partial charge in [0.15, 0.2) is 5.78 Å². The van der Waals surface area contributed by atoms with Crippen LogP contribution in [-0.2, 0) is 0 Å².